The van der Waals surface area contributed by atoms with E-state index in [4.69, 9.17) is 23.5 Å². The van der Waals surface area contributed by atoms with Crippen LogP contribution in [0.15, 0.2) is 98.5 Å². The molecule has 286 valence electrons. The average Bonchev–Trinajstić information content (AvgIpc) is 3.74. The third-order valence-electron chi connectivity index (χ3n) is 9.64. The Bertz CT molecular complexity index is 2260. The number of esters is 1. The molecule has 0 bridgehead atoms. The van der Waals surface area contributed by atoms with Crippen molar-refractivity contribution in [3.8, 4) is 22.6 Å². The first-order valence-corrected chi connectivity index (χ1v) is 17.6. The van der Waals surface area contributed by atoms with Gasteiger partial charge >= 0.3 is 11.9 Å². The van der Waals surface area contributed by atoms with Crippen LogP contribution in [0.1, 0.15) is 16.7 Å². The number of quaternary nitrogens is 1. The lowest BCUT2D eigenvalue weighted by Crippen LogP contribution is -3.08. The van der Waals surface area contributed by atoms with E-state index in [-0.39, 0.29) is 40.0 Å². The molecule has 55 heavy (non-hydrogen) atoms. The predicted molar refractivity (Wildman–Crippen MR) is 197 cm³/mol. The van der Waals surface area contributed by atoms with Crippen LogP contribution in [0.2, 0.25) is 0 Å². The van der Waals surface area contributed by atoms with E-state index in [1.165, 1.54) is 43.6 Å². The van der Waals surface area contributed by atoms with Gasteiger partial charge in [0, 0.05) is 30.0 Å². The number of aliphatic hydroxyl groups excluding tert-OH is 2. The zero-order valence-electron chi connectivity index (χ0n) is 30.1. The highest BCUT2D eigenvalue weighted by Crippen LogP contribution is 2.32. The Kier molecular flexibility index (Phi) is 10.7. The maximum Gasteiger partial charge on any atom is 0.321 e. The van der Waals surface area contributed by atoms with Crippen LogP contribution >= 0.6 is 0 Å². The Morgan fingerprint density at radius 3 is 2.47 bits per heavy atom. The topological polar surface area (TPSA) is 211 Å². The summed E-state index contributed by atoms with van der Waals surface area (Å²) in [6.45, 7) is 3.49. The fraction of sp³-hybridized carbons (Fsp3) is 0.300. The number of aliphatic imine (C=N–C) groups is 1. The fourth-order valence-electron chi connectivity index (χ4n) is 6.97. The van der Waals surface area contributed by atoms with Gasteiger partial charge in [0.2, 0.25) is 12.4 Å². The number of ether oxygens (including phenoxy) is 3. The molecule has 0 saturated carbocycles. The summed E-state index contributed by atoms with van der Waals surface area (Å²) in [7, 11) is 1.49. The third kappa shape index (κ3) is 7.66. The number of carbonyl (C=O) groups excluding carboxylic acids is 1. The van der Waals surface area contributed by atoms with Crippen LogP contribution in [0, 0.1) is 19.8 Å². The van der Waals surface area contributed by atoms with Crippen molar-refractivity contribution < 1.29 is 58.5 Å². The van der Waals surface area contributed by atoms with E-state index in [1.807, 2.05) is 38.1 Å². The van der Waals surface area contributed by atoms with Gasteiger partial charge in [-0.15, -0.1) is 0 Å². The van der Waals surface area contributed by atoms with Gasteiger partial charge in [-0.1, -0.05) is 29.3 Å². The van der Waals surface area contributed by atoms with Gasteiger partial charge in [0.15, 0.2) is 17.0 Å². The van der Waals surface area contributed by atoms with Crippen molar-refractivity contribution in [2.75, 3.05) is 26.7 Å². The SMILES string of the molecule is CNCC(C(=O)O)C(=O)OCC1OC(Oc2ccc3c(=O)c(-c4ccc(O)cc4)coc3c2)C(O[NH+]2CC3=CC=NC3=C2c2cc(C)cc(C)c2)C(O)C1O. The van der Waals surface area contributed by atoms with E-state index < -0.39 is 55.2 Å². The number of fused-ring (bicyclic) bond motifs is 2. The van der Waals surface area contributed by atoms with Crippen LogP contribution in [0.3, 0.4) is 0 Å². The second-order valence-corrected chi connectivity index (χ2v) is 13.7. The summed E-state index contributed by atoms with van der Waals surface area (Å²) in [6, 6.07) is 16.7. The van der Waals surface area contributed by atoms with Crippen LogP contribution in [-0.2, 0) is 23.9 Å². The Labute approximate surface area is 314 Å². The van der Waals surface area contributed by atoms with Crippen LogP contribution in [0.4, 0.5) is 0 Å². The first kappa shape index (κ1) is 37.6. The average molecular weight is 755 g/mol. The molecular weight excluding hydrogens is 714 g/mol. The molecule has 0 radical (unpaired) electrons. The highest BCUT2D eigenvalue weighted by molar-refractivity contribution is 5.94. The molecule has 0 amide bonds. The third-order valence-corrected chi connectivity index (χ3v) is 9.64. The first-order valence-electron chi connectivity index (χ1n) is 17.6. The van der Waals surface area contributed by atoms with Crippen LogP contribution in [-0.4, -0.2) is 96.0 Å². The second kappa shape index (κ2) is 15.6. The summed E-state index contributed by atoms with van der Waals surface area (Å²) in [6.07, 6.45) is -2.57. The number of hydrogen-bond acceptors (Lipinski definition) is 13. The molecule has 15 heteroatoms. The van der Waals surface area contributed by atoms with Gasteiger partial charge in [0.25, 0.3) is 0 Å². The van der Waals surface area contributed by atoms with E-state index in [1.54, 1.807) is 18.3 Å². The summed E-state index contributed by atoms with van der Waals surface area (Å²) in [4.78, 5) is 48.9. The highest BCUT2D eigenvalue weighted by Gasteiger charge is 2.51. The molecular formula is C40H40N3O12+. The van der Waals surface area contributed by atoms with Crippen molar-refractivity contribution in [2.45, 2.75) is 44.6 Å². The van der Waals surface area contributed by atoms with Crippen molar-refractivity contribution in [3.63, 3.8) is 0 Å². The summed E-state index contributed by atoms with van der Waals surface area (Å²) < 4.78 is 23.5. The number of aliphatic carboxylic acids is 1. The van der Waals surface area contributed by atoms with Crippen LogP contribution < -0.4 is 20.5 Å². The molecule has 15 nitrogen and oxygen atoms in total. The number of phenols is 1. The van der Waals surface area contributed by atoms with Crippen molar-refractivity contribution >= 4 is 34.8 Å². The molecule has 3 aliphatic rings. The minimum atomic E-state index is -1.66. The summed E-state index contributed by atoms with van der Waals surface area (Å²) in [5, 5.41) is 45.5. The molecule has 1 saturated heterocycles. The minimum Gasteiger partial charge on any atom is -0.508 e. The number of carboxylic acid groups (broad SMARTS) is 1. The van der Waals surface area contributed by atoms with Crippen molar-refractivity contribution in [3.05, 3.63) is 111 Å². The first-order chi connectivity index (χ1) is 26.4. The molecule has 3 aromatic carbocycles. The van der Waals surface area contributed by atoms with Gasteiger partial charge < -0.3 is 44.4 Å². The lowest BCUT2D eigenvalue weighted by atomic mass is 9.99. The van der Waals surface area contributed by atoms with E-state index in [0.29, 0.717) is 22.9 Å². The number of carboxylic acids is 1. The molecule has 6 N–H and O–H groups in total. The van der Waals surface area contributed by atoms with Crippen LogP contribution in [0.25, 0.3) is 27.8 Å². The van der Waals surface area contributed by atoms with E-state index in [9.17, 15) is 34.8 Å². The van der Waals surface area contributed by atoms with Crippen molar-refractivity contribution in [2.24, 2.45) is 10.9 Å². The number of phenolic OH excluding ortho intramolecular Hbond substituents is 1. The summed E-state index contributed by atoms with van der Waals surface area (Å²) >= 11 is 0. The molecule has 3 aliphatic heterocycles. The fourth-order valence-corrected chi connectivity index (χ4v) is 6.97. The zero-order chi connectivity index (χ0) is 39.0. The number of hydroxylamine groups is 2. The normalized spacial score (nSPS) is 23.8. The van der Waals surface area contributed by atoms with Gasteiger partial charge in [-0.05, 0) is 68.9 Å². The zero-order valence-corrected chi connectivity index (χ0v) is 30.1. The largest absolute Gasteiger partial charge is 0.508 e. The molecule has 4 aromatic rings. The summed E-state index contributed by atoms with van der Waals surface area (Å²) in [5.74, 6) is -3.78. The number of rotatable bonds is 12. The van der Waals surface area contributed by atoms with Crippen molar-refractivity contribution in [1.29, 1.82) is 0 Å². The number of carbonyl (C=O) groups is 2. The maximum absolute atomic E-state index is 13.4. The smallest absolute Gasteiger partial charge is 0.321 e. The number of nitrogens with one attached hydrogen (secondary N) is 2. The number of nitrogens with zero attached hydrogens (tertiary/aromatic N) is 1. The Morgan fingerprint density at radius 1 is 1.02 bits per heavy atom. The number of aryl methyl sites for hydroxylation is 2. The number of benzene rings is 3. The molecule has 7 rings (SSSR count). The Morgan fingerprint density at radius 2 is 1.76 bits per heavy atom. The van der Waals surface area contributed by atoms with E-state index >= 15 is 0 Å². The number of hydrogen-bond donors (Lipinski definition) is 6. The highest BCUT2D eigenvalue weighted by atomic mass is 16.8. The number of allylic oxidation sites excluding steroid dienone is 1. The minimum absolute atomic E-state index is 0.0529. The Hall–Kier alpha value is -5.68. The van der Waals surface area contributed by atoms with E-state index in [2.05, 4.69) is 10.3 Å². The molecule has 1 aromatic heterocycles. The van der Waals surface area contributed by atoms with Gasteiger partial charge in [-0.3, -0.25) is 14.4 Å². The molecule has 7 atom stereocenters. The van der Waals surface area contributed by atoms with Gasteiger partial charge in [-0.25, -0.2) is 4.99 Å². The molecule has 1 fully saturated rings. The second-order valence-electron chi connectivity index (χ2n) is 13.7. The number of aliphatic hydroxyl groups is 2. The lowest BCUT2D eigenvalue weighted by molar-refractivity contribution is -1.04. The summed E-state index contributed by atoms with van der Waals surface area (Å²) in [5.41, 5.74) is 5.93. The molecule has 4 heterocycles. The molecule has 7 unspecified atom stereocenters. The molecule has 0 spiro atoms. The maximum atomic E-state index is 13.4. The Balaban J connectivity index is 1.20. The van der Waals surface area contributed by atoms with Gasteiger partial charge in [-0.2, -0.15) is 9.90 Å². The van der Waals surface area contributed by atoms with E-state index in [0.717, 1.165) is 28.0 Å². The quantitative estimate of drug-likeness (QED) is 0.0899. The lowest BCUT2D eigenvalue weighted by Gasteiger charge is -2.41. The molecule has 0 aliphatic carbocycles. The van der Waals surface area contributed by atoms with Gasteiger partial charge in [0.1, 0.15) is 60.5 Å². The van der Waals surface area contributed by atoms with Gasteiger partial charge in [0.05, 0.1) is 10.9 Å². The standard InChI is InChI=1S/C40H39N3O12/c1-20-12-21(2)14-24(13-20)33-32-23(10-11-42-32)17-43(33)55-37-36(47)35(46)31(19-52-39(50)28(16-41-3)38(48)49)54-40(37)53-26-8-9-27-30(15-26)51-18-29(34(27)45)22-4-6-25(44)7-5-22/h4-15,18,28,31,35-37,40-41,44,46-47H,16-17,19H2,1-3H3,(H,48,49)/p+1. The number of aromatic hydroxyl groups is 1. The van der Waals surface area contributed by atoms with Crippen LogP contribution in [0.5, 0.6) is 11.5 Å². The predicted octanol–water partition coefficient (Wildman–Crippen LogP) is 1.65. The monoisotopic (exact) mass is 754 g/mol. The van der Waals surface area contributed by atoms with Crippen molar-refractivity contribution in [1.82, 2.24) is 5.32 Å².